The first-order valence-corrected chi connectivity index (χ1v) is 8.05. The number of hydrogen-bond acceptors (Lipinski definition) is 4. The molecule has 2 rings (SSSR count). The summed E-state index contributed by atoms with van der Waals surface area (Å²) in [6, 6.07) is 3.02. The molecule has 1 saturated heterocycles. The maximum absolute atomic E-state index is 12.0. The maximum atomic E-state index is 12.0. The molecule has 18 heavy (non-hydrogen) atoms. The van der Waals surface area contributed by atoms with Crippen LogP contribution in [0.1, 0.15) is 17.0 Å². The Balaban J connectivity index is 1.99. The standard InChI is InChI=1S/C10H13BrN2O4S/c1-18(15,16)12-7-4-5-13(6-7)10(14)8-2-3-9(11)17-8/h2-3,7,12H,4-6H2,1H3/t7-/m1/s1. The Bertz CT molecular complexity index is 554. The smallest absolute Gasteiger partial charge is 0.289 e. The van der Waals surface area contributed by atoms with Crippen LogP contribution in [0.5, 0.6) is 0 Å². The van der Waals surface area contributed by atoms with E-state index in [-0.39, 0.29) is 17.7 Å². The van der Waals surface area contributed by atoms with E-state index in [1.54, 1.807) is 17.0 Å². The quantitative estimate of drug-likeness (QED) is 0.885. The lowest BCUT2D eigenvalue weighted by Gasteiger charge is -2.15. The molecule has 8 heteroatoms. The number of sulfonamides is 1. The van der Waals surface area contributed by atoms with E-state index in [9.17, 15) is 13.2 Å². The highest BCUT2D eigenvalue weighted by Gasteiger charge is 2.29. The maximum Gasteiger partial charge on any atom is 0.289 e. The lowest BCUT2D eigenvalue weighted by atomic mass is 10.3. The molecule has 1 amide bonds. The lowest BCUT2D eigenvalue weighted by molar-refractivity contribution is 0.0757. The van der Waals surface area contributed by atoms with Gasteiger partial charge in [-0.2, -0.15) is 0 Å². The van der Waals surface area contributed by atoms with Gasteiger partial charge in [-0.1, -0.05) is 0 Å². The van der Waals surface area contributed by atoms with Crippen molar-refractivity contribution < 1.29 is 17.6 Å². The minimum absolute atomic E-state index is 0.220. The third-order valence-corrected chi connectivity index (χ3v) is 3.83. The molecule has 100 valence electrons. The summed E-state index contributed by atoms with van der Waals surface area (Å²) in [4.78, 5) is 13.6. The minimum Gasteiger partial charge on any atom is -0.444 e. The first-order chi connectivity index (χ1) is 8.35. The summed E-state index contributed by atoms with van der Waals surface area (Å²) in [5.41, 5.74) is 0. The highest BCUT2D eigenvalue weighted by molar-refractivity contribution is 9.10. The third kappa shape index (κ3) is 3.33. The molecule has 0 aliphatic carbocycles. The van der Waals surface area contributed by atoms with Gasteiger partial charge in [-0.05, 0) is 34.5 Å². The molecule has 2 heterocycles. The van der Waals surface area contributed by atoms with Gasteiger partial charge in [0.15, 0.2) is 10.4 Å². The fraction of sp³-hybridized carbons (Fsp3) is 0.500. The Hall–Kier alpha value is -0.860. The van der Waals surface area contributed by atoms with Crippen molar-refractivity contribution in [3.8, 4) is 0 Å². The number of furan rings is 1. The van der Waals surface area contributed by atoms with Crippen molar-refractivity contribution in [1.29, 1.82) is 0 Å². The van der Waals surface area contributed by atoms with Crippen LogP contribution in [0.2, 0.25) is 0 Å². The zero-order valence-corrected chi connectivity index (χ0v) is 12.1. The largest absolute Gasteiger partial charge is 0.444 e. The summed E-state index contributed by atoms with van der Waals surface area (Å²) in [6.07, 6.45) is 1.72. The van der Waals surface area contributed by atoms with Crippen LogP contribution in [0, 0.1) is 0 Å². The molecule has 6 nitrogen and oxygen atoms in total. The van der Waals surface area contributed by atoms with Crippen LogP contribution in [0.15, 0.2) is 21.2 Å². The number of rotatable bonds is 3. The van der Waals surface area contributed by atoms with Gasteiger partial charge in [-0.25, -0.2) is 13.1 Å². The molecule has 1 aromatic heterocycles. The van der Waals surface area contributed by atoms with Crippen LogP contribution in [0.4, 0.5) is 0 Å². The normalized spacial score (nSPS) is 20.3. The van der Waals surface area contributed by atoms with Crippen LogP contribution in [-0.2, 0) is 10.0 Å². The fourth-order valence-corrected chi connectivity index (χ4v) is 3.03. The van der Waals surface area contributed by atoms with E-state index in [4.69, 9.17) is 4.42 Å². The molecule has 0 aromatic carbocycles. The summed E-state index contributed by atoms with van der Waals surface area (Å²) in [6.45, 7) is 0.883. The van der Waals surface area contributed by atoms with Crippen molar-refractivity contribution in [3.05, 3.63) is 22.6 Å². The van der Waals surface area contributed by atoms with E-state index in [2.05, 4.69) is 20.7 Å². The van der Waals surface area contributed by atoms with E-state index < -0.39 is 10.0 Å². The van der Waals surface area contributed by atoms with Crippen molar-refractivity contribution in [3.63, 3.8) is 0 Å². The predicted molar refractivity (Wildman–Crippen MR) is 68.7 cm³/mol. The summed E-state index contributed by atoms with van der Waals surface area (Å²) >= 11 is 3.13. The topological polar surface area (TPSA) is 79.6 Å². The zero-order chi connectivity index (χ0) is 13.3. The van der Waals surface area contributed by atoms with E-state index in [1.807, 2.05) is 0 Å². The number of nitrogens with zero attached hydrogens (tertiary/aromatic N) is 1. The molecule has 1 aliphatic heterocycles. The molecule has 1 atom stereocenters. The number of nitrogens with one attached hydrogen (secondary N) is 1. The summed E-state index contributed by atoms with van der Waals surface area (Å²) in [5.74, 6) is 0.0281. The van der Waals surface area contributed by atoms with Crippen molar-refractivity contribution in [1.82, 2.24) is 9.62 Å². The van der Waals surface area contributed by atoms with Crippen LogP contribution in [0.25, 0.3) is 0 Å². The van der Waals surface area contributed by atoms with Crippen molar-refractivity contribution in [2.75, 3.05) is 19.3 Å². The monoisotopic (exact) mass is 336 g/mol. The number of carbonyl (C=O) groups is 1. The number of hydrogen-bond donors (Lipinski definition) is 1. The fourth-order valence-electron chi connectivity index (χ4n) is 1.93. The van der Waals surface area contributed by atoms with Gasteiger partial charge in [0.25, 0.3) is 5.91 Å². The second-order valence-corrected chi connectivity index (χ2v) is 6.79. The highest BCUT2D eigenvalue weighted by Crippen LogP contribution is 2.18. The SMILES string of the molecule is CS(=O)(=O)N[C@@H]1CCN(C(=O)c2ccc(Br)o2)C1. The average Bonchev–Trinajstić information content (AvgIpc) is 2.84. The molecule has 0 spiro atoms. The van der Waals surface area contributed by atoms with Gasteiger partial charge in [-0.3, -0.25) is 4.79 Å². The molecule has 0 radical (unpaired) electrons. The molecular formula is C10H13BrN2O4S. The molecule has 0 unspecified atom stereocenters. The number of halogens is 1. The van der Waals surface area contributed by atoms with Gasteiger partial charge < -0.3 is 9.32 Å². The highest BCUT2D eigenvalue weighted by atomic mass is 79.9. The summed E-state index contributed by atoms with van der Waals surface area (Å²) < 4.78 is 30.4. The summed E-state index contributed by atoms with van der Waals surface area (Å²) in [5, 5.41) is 0. The first kappa shape index (κ1) is 13.6. The third-order valence-electron chi connectivity index (χ3n) is 2.64. The number of likely N-dealkylation sites (tertiary alicyclic amines) is 1. The van der Waals surface area contributed by atoms with E-state index in [0.29, 0.717) is 24.2 Å². The molecular weight excluding hydrogens is 324 g/mol. The Labute approximate surface area is 114 Å². The van der Waals surface area contributed by atoms with Gasteiger partial charge in [-0.15, -0.1) is 0 Å². The van der Waals surface area contributed by atoms with Gasteiger partial charge in [0, 0.05) is 19.1 Å². The average molecular weight is 337 g/mol. The number of amides is 1. The molecule has 1 fully saturated rings. The van der Waals surface area contributed by atoms with Crippen molar-refractivity contribution in [2.45, 2.75) is 12.5 Å². The zero-order valence-electron chi connectivity index (χ0n) is 9.72. The van der Waals surface area contributed by atoms with E-state index >= 15 is 0 Å². The van der Waals surface area contributed by atoms with Crippen molar-refractivity contribution >= 4 is 31.9 Å². The second-order valence-electron chi connectivity index (χ2n) is 4.23. The van der Waals surface area contributed by atoms with Crippen LogP contribution in [-0.4, -0.2) is 44.6 Å². The Morgan fingerprint density at radius 1 is 1.56 bits per heavy atom. The Morgan fingerprint density at radius 2 is 2.28 bits per heavy atom. The van der Waals surface area contributed by atoms with Gasteiger partial charge in [0.2, 0.25) is 10.0 Å². The van der Waals surface area contributed by atoms with Gasteiger partial charge in [0.1, 0.15) is 0 Å². The predicted octanol–water partition coefficient (Wildman–Crippen LogP) is 0.806. The van der Waals surface area contributed by atoms with E-state index in [0.717, 1.165) is 6.26 Å². The molecule has 0 saturated carbocycles. The Kier molecular flexibility index (Phi) is 3.79. The molecule has 1 N–H and O–H groups in total. The Morgan fingerprint density at radius 3 is 2.83 bits per heavy atom. The van der Waals surface area contributed by atoms with Crippen LogP contribution >= 0.6 is 15.9 Å². The summed E-state index contributed by atoms with van der Waals surface area (Å²) in [7, 11) is -3.24. The van der Waals surface area contributed by atoms with Crippen LogP contribution < -0.4 is 4.72 Å². The first-order valence-electron chi connectivity index (χ1n) is 5.37. The molecule has 1 aliphatic rings. The molecule has 1 aromatic rings. The second kappa shape index (κ2) is 5.02. The number of carbonyl (C=O) groups excluding carboxylic acids is 1. The van der Waals surface area contributed by atoms with Gasteiger partial charge in [0.05, 0.1) is 6.26 Å². The van der Waals surface area contributed by atoms with Crippen molar-refractivity contribution in [2.24, 2.45) is 0 Å². The lowest BCUT2D eigenvalue weighted by Crippen LogP contribution is -2.37. The minimum atomic E-state index is -3.24. The van der Waals surface area contributed by atoms with E-state index in [1.165, 1.54) is 0 Å². The molecule has 0 bridgehead atoms. The van der Waals surface area contributed by atoms with Crippen LogP contribution in [0.3, 0.4) is 0 Å². The van der Waals surface area contributed by atoms with Gasteiger partial charge >= 0.3 is 0 Å².